The highest BCUT2D eigenvalue weighted by Gasteiger charge is 2.51. The van der Waals surface area contributed by atoms with Crippen LogP contribution in [0.15, 0.2) is 11.6 Å². The molecular formula is C12H20. The first kappa shape index (κ1) is 8.34. The van der Waals surface area contributed by atoms with Crippen molar-refractivity contribution in [2.24, 2.45) is 23.2 Å². The zero-order chi connectivity index (χ0) is 8.93. The van der Waals surface area contributed by atoms with Crippen molar-refractivity contribution in [2.45, 2.75) is 40.5 Å². The first-order chi connectivity index (χ1) is 5.53. The standard InChI is InChI=1S/C12H20/c1-8(2)10-6-5-9-7-11(10)12(9,3)4/h6,8-9,11H,5,7H2,1-4H3/t9-,11-/m0/s1. The molecular weight excluding hydrogens is 144 g/mol. The van der Waals surface area contributed by atoms with Crippen molar-refractivity contribution in [3.8, 4) is 0 Å². The van der Waals surface area contributed by atoms with Crippen LogP contribution in [-0.4, -0.2) is 0 Å². The fourth-order valence-corrected chi connectivity index (χ4v) is 3.04. The van der Waals surface area contributed by atoms with Crippen LogP contribution >= 0.6 is 0 Å². The zero-order valence-electron chi connectivity index (χ0n) is 8.72. The quantitative estimate of drug-likeness (QED) is 0.519. The zero-order valence-corrected chi connectivity index (χ0v) is 8.72. The number of rotatable bonds is 1. The fraction of sp³-hybridized carbons (Fsp3) is 0.833. The van der Waals surface area contributed by atoms with E-state index in [0.717, 1.165) is 17.8 Å². The summed E-state index contributed by atoms with van der Waals surface area (Å²) in [5.41, 5.74) is 2.36. The molecule has 0 amide bonds. The maximum Gasteiger partial charge on any atom is -0.0144 e. The lowest BCUT2D eigenvalue weighted by Gasteiger charge is -2.57. The molecule has 3 aliphatic carbocycles. The van der Waals surface area contributed by atoms with E-state index in [2.05, 4.69) is 33.8 Å². The number of hydrogen-bond acceptors (Lipinski definition) is 0. The smallest absolute Gasteiger partial charge is 0.0144 e. The Labute approximate surface area is 76.1 Å². The van der Waals surface area contributed by atoms with Crippen LogP contribution in [0.3, 0.4) is 0 Å². The number of hydrogen-bond donors (Lipinski definition) is 0. The van der Waals surface area contributed by atoms with Crippen molar-refractivity contribution >= 4 is 0 Å². The Hall–Kier alpha value is -0.260. The molecule has 2 bridgehead atoms. The lowest BCUT2D eigenvalue weighted by molar-refractivity contribution is -0.0116. The van der Waals surface area contributed by atoms with Gasteiger partial charge < -0.3 is 0 Å². The predicted octanol–water partition coefficient (Wildman–Crippen LogP) is 3.63. The molecule has 0 aromatic carbocycles. The molecule has 0 radical (unpaired) electrons. The molecule has 3 rings (SSSR count). The topological polar surface area (TPSA) is 0 Å². The summed E-state index contributed by atoms with van der Waals surface area (Å²) in [6, 6.07) is 0. The Morgan fingerprint density at radius 2 is 2.08 bits per heavy atom. The molecule has 0 saturated heterocycles. The van der Waals surface area contributed by atoms with Gasteiger partial charge in [-0.25, -0.2) is 0 Å². The van der Waals surface area contributed by atoms with Crippen LogP contribution < -0.4 is 0 Å². The van der Waals surface area contributed by atoms with Gasteiger partial charge in [0.1, 0.15) is 0 Å². The van der Waals surface area contributed by atoms with Gasteiger partial charge in [0.15, 0.2) is 0 Å². The van der Waals surface area contributed by atoms with Crippen LogP contribution in [0.25, 0.3) is 0 Å². The van der Waals surface area contributed by atoms with Crippen LogP contribution in [0.4, 0.5) is 0 Å². The van der Waals surface area contributed by atoms with Gasteiger partial charge in [-0.3, -0.25) is 0 Å². The number of allylic oxidation sites excluding steroid dienone is 2. The molecule has 68 valence electrons. The van der Waals surface area contributed by atoms with Gasteiger partial charge in [0.25, 0.3) is 0 Å². The van der Waals surface area contributed by atoms with E-state index in [0.29, 0.717) is 5.41 Å². The van der Waals surface area contributed by atoms with Gasteiger partial charge in [0.2, 0.25) is 0 Å². The Morgan fingerprint density at radius 3 is 2.42 bits per heavy atom. The lowest BCUT2D eigenvalue weighted by atomic mass is 9.48. The molecule has 0 spiro atoms. The van der Waals surface area contributed by atoms with Crippen molar-refractivity contribution in [1.82, 2.24) is 0 Å². The SMILES string of the molecule is CC(C)C1=CC[C@H]2C[C@@H]1C2(C)C. The molecule has 0 aromatic rings. The normalized spacial score (nSPS) is 37.6. The van der Waals surface area contributed by atoms with Crippen LogP contribution in [0, 0.1) is 23.2 Å². The van der Waals surface area contributed by atoms with Gasteiger partial charge in [-0.15, -0.1) is 0 Å². The van der Waals surface area contributed by atoms with Crippen molar-refractivity contribution < 1.29 is 0 Å². The second-order valence-electron chi connectivity index (χ2n) is 5.40. The first-order valence-corrected chi connectivity index (χ1v) is 5.23. The van der Waals surface area contributed by atoms with E-state index in [1.165, 1.54) is 12.8 Å². The first-order valence-electron chi connectivity index (χ1n) is 5.23. The van der Waals surface area contributed by atoms with Gasteiger partial charge in [-0.05, 0) is 36.0 Å². The molecule has 0 heterocycles. The molecule has 1 saturated carbocycles. The molecule has 0 nitrogen and oxygen atoms in total. The van der Waals surface area contributed by atoms with E-state index < -0.39 is 0 Å². The maximum absolute atomic E-state index is 2.51. The second-order valence-corrected chi connectivity index (χ2v) is 5.40. The summed E-state index contributed by atoms with van der Waals surface area (Å²) in [6.07, 6.45) is 5.32. The Bertz CT molecular complexity index is 220. The molecule has 0 heteroatoms. The van der Waals surface area contributed by atoms with Gasteiger partial charge in [-0.1, -0.05) is 39.3 Å². The molecule has 0 aromatic heterocycles. The van der Waals surface area contributed by atoms with E-state index in [1.807, 2.05) is 0 Å². The summed E-state index contributed by atoms with van der Waals surface area (Å²) in [7, 11) is 0. The minimum atomic E-state index is 0.619. The molecule has 0 aliphatic heterocycles. The van der Waals surface area contributed by atoms with Crippen molar-refractivity contribution in [1.29, 1.82) is 0 Å². The van der Waals surface area contributed by atoms with Crippen LogP contribution in [0.5, 0.6) is 0 Å². The Kier molecular flexibility index (Phi) is 1.65. The van der Waals surface area contributed by atoms with Gasteiger partial charge >= 0.3 is 0 Å². The third-order valence-electron chi connectivity index (χ3n) is 4.18. The highest BCUT2D eigenvalue weighted by atomic mass is 14.6. The van der Waals surface area contributed by atoms with E-state index in [9.17, 15) is 0 Å². The molecule has 2 atom stereocenters. The Morgan fingerprint density at radius 1 is 1.42 bits per heavy atom. The lowest BCUT2D eigenvalue weighted by Crippen LogP contribution is -2.48. The van der Waals surface area contributed by atoms with Crippen molar-refractivity contribution in [3.05, 3.63) is 11.6 Å². The molecule has 12 heavy (non-hydrogen) atoms. The van der Waals surface area contributed by atoms with E-state index in [1.54, 1.807) is 5.57 Å². The van der Waals surface area contributed by atoms with Crippen molar-refractivity contribution in [2.75, 3.05) is 0 Å². The largest absolute Gasteiger partial charge is 0.0845 e. The summed E-state index contributed by atoms with van der Waals surface area (Å²) >= 11 is 0. The van der Waals surface area contributed by atoms with Crippen LogP contribution in [0.1, 0.15) is 40.5 Å². The predicted molar refractivity (Wildman–Crippen MR) is 52.9 cm³/mol. The van der Waals surface area contributed by atoms with Crippen molar-refractivity contribution in [3.63, 3.8) is 0 Å². The van der Waals surface area contributed by atoms with Crippen LogP contribution in [-0.2, 0) is 0 Å². The molecule has 1 fully saturated rings. The Balaban J connectivity index is 2.24. The van der Waals surface area contributed by atoms with Gasteiger partial charge in [-0.2, -0.15) is 0 Å². The van der Waals surface area contributed by atoms with Gasteiger partial charge in [0, 0.05) is 0 Å². The summed E-state index contributed by atoms with van der Waals surface area (Å²) in [5, 5.41) is 0. The third-order valence-corrected chi connectivity index (χ3v) is 4.18. The third kappa shape index (κ3) is 0.901. The van der Waals surface area contributed by atoms with Crippen LogP contribution in [0.2, 0.25) is 0 Å². The second kappa shape index (κ2) is 2.37. The fourth-order valence-electron chi connectivity index (χ4n) is 3.04. The molecule has 0 unspecified atom stereocenters. The highest BCUT2D eigenvalue weighted by molar-refractivity contribution is 5.24. The molecule has 3 aliphatic rings. The summed E-state index contributed by atoms with van der Waals surface area (Å²) in [4.78, 5) is 0. The minimum absolute atomic E-state index is 0.619. The summed E-state index contributed by atoms with van der Waals surface area (Å²) < 4.78 is 0. The van der Waals surface area contributed by atoms with E-state index in [-0.39, 0.29) is 0 Å². The summed E-state index contributed by atoms with van der Waals surface area (Å²) in [6.45, 7) is 9.56. The minimum Gasteiger partial charge on any atom is -0.0845 e. The van der Waals surface area contributed by atoms with Gasteiger partial charge in [0.05, 0.1) is 0 Å². The van der Waals surface area contributed by atoms with E-state index >= 15 is 0 Å². The monoisotopic (exact) mass is 164 g/mol. The molecule has 0 N–H and O–H groups in total. The van der Waals surface area contributed by atoms with E-state index in [4.69, 9.17) is 0 Å². The summed E-state index contributed by atoms with van der Waals surface area (Å²) in [5.74, 6) is 2.68. The number of fused-ring (bicyclic) bond motifs is 1. The highest BCUT2D eigenvalue weighted by Crippen LogP contribution is 2.60. The average Bonchev–Trinajstić information content (AvgIpc) is 2.04. The average molecular weight is 164 g/mol. The maximum atomic E-state index is 2.51.